The molecule has 0 saturated carbocycles. The third-order valence-corrected chi connectivity index (χ3v) is 20.9. The van der Waals surface area contributed by atoms with Gasteiger partial charge in [0.15, 0.2) is 6.73 Å². The summed E-state index contributed by atoms with van der Waals surface area (Å²) in [6.07, 6.45) is 4.11. The molecule has 9 nitrogen and oxygen atoms in total. The van der Waals surface area contributed by atoms with Gasteiger partial charge in [-0.2, -0.15) is 0 Å². The number of aromatic nitrogens is 2. The quantitative estimate of drug-likeness (QED) is 0.125. The van der Waals surface area contributed by atoms with E-state index in [1.165, 1.54) is 0 Å². The van der Waals surface area contributed by atoms with E-state index in [4.69, 9.17) is 27.5 Å². The Bertz CT molecular complexity index is 1080. The minimum atomic E-state index is -2.74. The molecule has 0 radical (unpaired) electrons. The first-order chi connectivity index (χ1) is 20.6. The smallest absolute Gasteiger partial charge is 0.349 e. The van der Waals surface area contributed by atoms with E-state index < -0.39 is 22.3 Å². The van der Waals surface area contributed by atoms with Crippen LogP contribution in [0, 0.1) is 5.41 Å². The number of nitrogens with zero attached hydrogens (tertiary/aromatic N) is 2. The standard InChI is InChI=1S/C34H64N2O7Si2/c1-23(2)44(24(3)4,25(5)6)41-22-39-29-27(17-16-26-18-36(20-35-26)21-38-31(37)32(7,8)9)42-28-19-40-45(33(10,11)12,34(13,14)15)43-30(28)29/h18,20,23-25,27-30H,16-17,19,21-22H2,1-15H3/t27-,28+,29-,30+/m0/s1. The maximum Gasteiger partial charge on any atom is 0.349 e. The Balaban J connectivity index is 1.81. The number of imidazole rings is 1. The van der Waals surface area contributed by atoms with Crippen molar-refractivity contribution >= 4 is 22.8 Å². The van der Waals surface area contributed by atoms with Crippen LogP contribution in [0.1, 0.15) is 116 Å². The van der Waals surface area contributed by atoms with E-state index in [0.29, 0.717) is 36.1 Å². The second-order valence-corrected chi connectivity index (χ2v) is 27.4. The summed E-state index contributed by atoms with van der Waals surface area (Å²) in [5, 5.41) is -0.290. The fourth-order valence-electron chi connectivity index (χ4n) is 7.81. The predicted octanol–water partition coefficient (Wildman–Crippen LogP) is 8.12. The van der Waals surface area contributed by atoms with Crippen molar-refractivity contribution in [1.29, 1.82) is 0 Å². The normalized spacial score (nSPS) is 24.5. The van der Waals surface area contributed by atoms with Crippen LogP contribution in [0.2, 0.25) is 26.7 Å². The maximum atomic E-state index is 12.2. The molecule has 4 atom stereocenters. The molecule has 0 unspecified atom stereocenters. The van der Waals surface area contributed by atoms with E-state index in [1.54, 1.807) is 10.9 Å². The maximum absolute atomic E-state index is 12.2. The molecule has 1 aromatic rings. The number of hydrogen-bond acceptors (Lipinski definition) is 8. The molecule has 0 aromatic carbocycles. The zero-order valence-electron chi connectivity index (χ0n) is 31.0. The molecule has 2 saturated heterocycles. The van der Waals surface area contributed by atoms with Gasteiger partial charge in [0.2, 0.25) is 8.32 Å². The summed E-state index contributed by atoms with van der Waals surface area (Å²) in [5.41, 5.74) is 1.74. The lowest BCUT2D eigenvalue weighted by Crippen LogP contribution is -2.65. The number of aryl methyl sites for hydroxylation is 1. The summed E-state index contributed by atoms with van der Waals surface area (Å²) in [7, 11) is -4.86. The van der Waals surface area contributed by atoms with Gasteiger partial charge >= 0.3 is 14.5 Å². The Kier molecular flexibility index (Phi) is 12.1. The lowest BCUT2D eigenvalue weighted by Gasteiger charge is -2.53. The van der Waals surface area contributed by atoms with Crippen LogP contribution >= 0.6 is 0 Å². The summed E-state index contributed by atoms with van der Waals surface area (Å²) in [6.45, 7) is 33.6. The fraction of sp³-hybridized carbons (Fsp3) is 0.882. The second kappa shape index (κ2) is 14.2. The van der Waals surface area contributed by atoms with Crippen LogP contribution < -0.4 is 0 Å². The highest BCUT2D eigenvalue weighted by Crippen LogP contribution is 2.55. The topological polar surface area (TPSA) is 90.3 Å². The van der Waals surface area contributed by atoms with Crippen molar-refractivity contribution in [2.75, 3.05) is 13.4 Å². The lowest BCUT2D eigenvalue weighted by molar-refractivity contribution is -0.156. The Hall–Kier alpha value is -1.09. The fourth-order valence-corrected chi connectivity index (χ4v) is 18.0. The Morgan fingerprint density at radius 2 is 1.58 bits per heavy atom. The number of hydrogen-bond donors (Lipinski definition) is 0. The molecule has 2 aliphatic rings. The first kappa shape index (κ1) is 38.4. The first-order valence-corrected chi connectivity index (χ1v) is 20.9. The van der Waals surface area contributed by atoms with Crippen LogP contribution in [0.25, 0.3) is 0 Å². The van der Waals surface area contributed by atoms with E-state index in [9.17, 15) is 4.79 Å². The molecule has 2 fully saturated rings. The second-order valence-electron chi connectivity index (χ2n) is 17.2. The number of carbonyl (C=O) groups is 1. The molecule has 0 bridgehead atoms. The van der Waals surface area contributed by atoms with Gasteiger partial charge in [-0.25, -0.2) is 4.98 Å². The summed E-state index contributed by atoms with van der Waals surface area (Å²) in [4.78, 5) is 16.8. The van der Waals surface area contributed by atoms with Gasteiger partial charge in [-0.15, -0.1) is 0 Å². The van der Waals surface area contributed by atoms with Gasteiger partial charge in [0.1, 0.15) is 25.1 Å². The van der Waals surface area contributed by atoms with Crippen LogP contribution in [0.15, 0.2) is 12.5 Å². The van der Waals surface area contributed by atoms with Gasteiger partial charge in [0.25, 0.3) is 0 Å². The molecule has 45 heavy (non-hydrogen) atoms. The molecule has 3 rings (SSSR count). The molecule has 0 aliphatic carbocycles. The zero-order chi connectivity index (χ0) is 34.2. The van der Waals surface area contributed by atoms with Gasteiger partial charge in [-0.1, -0.05) is 83.1 Å². The summed E-state index contributed by atoms with van der Waals surface area (Å²) in [6, 6.07) is 0. The number of esters is 1. The van der Waals surface area contributed by atoms with E-state index >= 15 is 0 Å². The number of fused-ring (bicyclic) bond motifs is 1. The highest BCUT2D eigenvalue weighted by Gasteiger charge is 2.65. The van der Waals surface area contributed by atoms with Crippen LogP contribution in [0.5, 0.6) is 0 Å². The van der Waals surface area contributed by atoms with E-state index in [2.05, 4.69) is 88.1 Å². The number of rotatable bonds is 12. The Labute approximate surface area is 275 Å². The summed E-state index contributed by atoms with van der Waals surface area (Å²) >= 11 is 0. The minimum Gasteiger partial charge on any atom is -0.443 e. The number of ether oxygens (including phenoxy) is 3. The molecule has 2 aliphatic heterocycles. The van der Waals surface area contributed by atoms with Crippen molar-refractivity contribution in [2.24, 2.45) is 5.41 Å². The van der Waals surface area contributed by atoms with Crippen LogP contribution in [0.4, 0.5) is 0 Å². The molecular formula is C34H64N2O7Si2. The molecule has 260 valence electrons. The summed E-state index contributed by atoms with van der Waals surface area (Å²) < 4.78 is 41.5. The summed E-state index contributed by atoms with van der Waals surface area (Å²) in [5.74, 6) is -0.242. The highest BCUT2D eigenvalue weighted by molar-refractivity contribution is 6.77. The van der Waals surface area contributed by atoms with Crippen LogP contribution in [0.3, 0.4) is 0 Å². The van der Waals surface area contributed by atoms with Crippen molar-refractivity contribution < 1.29 is 32.3 Å². The molecule has 0 N–H and O–H groups in total. The van der Waals surface area contributed by atoms with Gasteiger partial charge in [-0.05, 0) is 50.2 Å². The Morgan fingerprint density at radius 1 is 1.00 bits per heavy atom. The van der Waals surface area contributed by atoms with Crippen molar-refractivity contribution in [3.63, 3.8) is 0 Å². The third-order valence-electron chi connectivity index (χ3n) is 9.74. The highest BCUT2D eigenvalue weighted by atomic mass is 28.4. The van der Waals surface area contributed by atoms with E-state index in [-0.39, 0.29) is 54.0 Å². The van der Waals surface area contributed by atoms with Crippen LogP contribution in [-0.4, -0.2) is 70.2 Å². The molecule has 0 amide bonds. The zero-order valence-corrected chi connectivity index (χ0v) is 33.0. The number of carbonyl (C=O) groups excluding carboxylic acids is 1. The van der Waals surface area contributed by atoms with Gasteiger partial charge in [0.05, 0.1) is 30.1 Å². The molecule has 1 aromatic heterocycles. The van der Waals surface area contributed by atoms with Crippen molar-refractivity contribution in [1.82, 2.24) is 9.55 Å². The average Bonchev–Trinajstić information content (AvgIpc) is 3.49. The predicted molar refractivity (Wildman–Crippen MR) is 183 cm³/mol. The minimum absolute atomic E-state index is 0.140. The lowest BCUT2D eigenvalue weighted by atomic mass is 9.98. The Morgan fingerprint density at radius 3 is 2.09 bits per heavy atom. The van der Waals surface area contributed by atoms with E-state index in [1.807, 2.05) is 27.0 Å². The van der Waals surface area contributed by atoms with Crippen molar-refractivity contribution in [3.05, 3.63) is 18.2 Å². The molecule has 0 spiro atoms. The monoisotopic (exact) mass is 668 g/mol. The molecular weight excluding hydrogens is 605 g/mol. The first-order valence-electron chi connectivity index (χ1n) is 17.0. The van der Waals surface area contributed by atoms with Crippen molar-refractivity contribution in [3.8, 4) is 0 Å². The molecule has 11 heteroatoms. The van der Waals surface area contributed by atoms with Gasteiger partial charge in [-0.3, -0.25) is 4.79 Å². The average molecular weight is 669 g/mol. The van der Waals surface area contributed by atoms with Gasteiger partial charge in [0, 0.05) is 16.3 Å². The van der Waals surface area contributed by atoms with Gasteiger partial charge < -0.3 is 32.1 Å². The largest absolute Gasteiger partial charge is 0.443 e. The molecule has 3 heterocycles. The third kappa shape index (κ3) is 8.14. The SMILES string of the molecule is CC(C)[Si](OCO[C@@H]1[C@@H]2O[Si](C(C)(C)C)(C(C)(C)C)OC[C@H]2O[C@H]1CCc1cn(COC(=O)C(C)(C)C)cn1)(C(C)C)C(C)C. The van der Waals surface area contributed by atoms with E-state index in [0.717, 1.165) is 5.69 Å². The van der Waals surface area contributed by atoms with Crippen molar-refractivity contribution in [2.45, 2.75) is 175 Å². The van der Waals surface area contributed by atoms with Crippen LogP contribution in [-0.2, 0) is 45.4 Å².